The minimum absolute atomic E-state index is 0.118. The number of hydrogen-bond acceptors (Lipinski definition) is 2. The molecule has 5 rings (SSSR count). The van der Waals surface area contributed by atoms with E-state index in [1.165, 1.54) is 64.2 Å². The number of allylic oxidation sites excluding steroid dienone is 2. The lowest BCUT2D eigenvalue weighted by Gasteiger charge is -2.69. The lowest BCUT2D eigenvalue weighted by atomic mass is 9.36. The Hall–Kier alpha value is -0.790. The topological polar surface area (TPSA) is 26.3 Å². The predicted octanol–water partition coefficient (Wildman–Crippen LogP) is 8.60. The summed E-state index contributed by atoms with van der Waals surface area (Å²) in [6, 6.07) is 0. The molecule has 0 amide bonds. The molecule has 0 saturated heterocycles. The van der Waals surface area contributed by atoms with Crippen LogP contribution in [0.2, 0.25) is 0 Å². The van der Waals surface area contributed by atoms with Crippen molar-refractivity contribution in [2.45, 2.75) is 120 Å². The van der Waals surface area contributed by atoms with Crippen LogP contribution in [-0.4, -0.2) is 12.6 Å². The third kappa shape index (κ3) is 3.14. The van der Waals surface area contributed by atoms with Crippen LogP contribution in [0.4, 0.5) is 0 Å². The Morgan fingerprint density at radius 3 is 2.32 bits per heavy atom. The summed E-state index contributed by atoms with van der Waals surface area (Å²) in [5.41, 5.74) is 3.59. The SMILES string of the molecule is CC(=O)OC[C@]1(C)CCC[C@]2(C)C3=CC[C@@]4(C)C5CC[C@H](C(C)C)[C@@]5(C)CC[C@]4(C)C3CCC12. The molecular weight excluding hydrogens is 416 g/mol. The second kappa shape index (κ2) is 7.85. The van der Waals surface area contributed by atoms with Crippen LogP contribution in [-0.2, 0) is 9.53 Å². The molecule has 0 heterocycles. The van der Waals surface area contributed by atoms with E-state index in [1.807, 2.05) is 5.57 Å². The van der Waals surface area contributed by atoms with Gasteiger partial charge in [-0.3, -0.25) is 4.79 Å². The van der Waals surface area contributed by atoms with Gasteiger partial charge in [0.15, 0.2) is 0 Å². The van der Waals surface area contributed by atoms with Gasteiger partial charge in [0.25, 0.3) is 0 Å². The zero-order chi connectivity index (χ0) is 24.7. The zero-order valence-corrected chi connectivity index (χ0v) is 23.6. The normalized spacial score (nSPS) is 52.2. The Bertz CT molecular complexity index is 872. The zero-order valence-electron chi connectivity index (χ0n) is 23.6. The summed E-state index contributed by atoms with van der Waals surface area (Å²) < 4.78 is 5.67. The Kier molecular flexibility index (Phi) is 5.75. The van der Waals surface area contributed by atoms with Gasteiger partial charge in [0.05, 0.1) is 6.61 Å². The van der Waals surface area contributed by atoms with Crippen LogP contribution >= 0.6 is 0 Å². The van der Waals surface area contributed by atoms with Crippen LogP contribution in [0.15, 0.2) is 11.6 Å². The lowest BCUT2D eigenvalue weighted by Crippen LogP contribution is -2.61. The third-order valence-corrected chi connectivity index (χ3v) is 13.4. The summed E-state index contributed by atoms with van der Waals surface area (Å²) in [5, 5.41) is 0. The summed E-state index contributed by atoms with van der Waals surface area (Å²) in [6.45, 7) is 20.3. The molecular formula is C32H52O2. The Labute approximate surface area is 210 Å². The summed E-state index contributed by atoms with van der Waals surface area (Å²) in [4.78, 5) is 11.7. The van der Waals surface area contributed by atoms with Gasteiger partial charge in [-0.1, -0.05) is 66.5 Å². The summed E-state index contributed by atoms with van der Waals surface area (Å²) in [7, 11) is 0. The van der Waals surface area contributed by atoms with E-state index in [0.29, 0.717) is 28.8 Å². The van der Waals surface area contributed by atoms with E-state index in [-0.39, 0.29) is 16.8 Å². The maximum Gasteiger partial charge on any atom is 0.302 e. The van der Waals surface area contributed by atoms with Gasteiger partial charge in [-0.2, -0.15) is 0 Å². The molecule has 34 heavy (non-hydrogen) atoms. The minimum atomic E-state index is -0.121. The molecule has 0 spiro atoms. The standard InChI is InChI=1S/C32H52O2/c1-21(2)23-10-13-27-30(23,6)18-19-31(7)25-11-12-26-28(4,20-34-22(3)33)15-9-16-29(26,5)24(25)14-17-32(27,31)8/h14,21,23,25-27H,9-13,15-20H2,1-8H3/t23-,25?,26?,27?,28+,29-,30-,31-,32+/m1/s1. The van der Waals surface area contributed by atoms with Crippen molar-refractivity contribution in [3.63, 3.8) is 0 Å². The van der Waals surface area contributed by atoms with Gasteiger partial charge in [0.2, 0.25) is 0 Å². The van der Waals surface area contributed by atoms with Gasteiger partial charge in [-0.15, -0.1) is 0 Å². The molecule has 2 nitrogen and oxygen atoms in total. The molecule has 0 bridgehead atoms. The van der Waals surface area contributed by atoms with Crippen molar-refractivity contribution in [3.05, 3.63) is 11.6 Å². The number of rotatable bonds is 3. The lowest BCUT2D eigenvalue weighted by molar-refractivity contribution is -0.164. The number of carbonyl (C=O) groups is 1. The highest BCUT2D eigenvalue weighted by molar-refractivity contribution is 5.65. The van der Waals surface area contributed by atoms with Crippen molar-refractivity contribution in [1.82, 2.24) is 0 Å². The molecule has 0 aliphatic heterocycles. The largest absolute Gasteiger partial charge is 0.465 e. The monoisotopic (exact) mass is 468 g/mol. The van der Waals surface area contributed by atoms with Crippen molar-refractivity contribution in [3.8, 4) is 0 Å². The summed E-state index contributed by atoms with van der Waals surface area (Å²) >= 11 is 0. The fraction of sp³-hybridized carbons (Fsp3) is 0.906. The number of carbonyl (C=O) groups excluding carboxylic acids is 1. The molecule has 2 heteroatoms. The van der Waals surface area contributed by atoms with Gasteiger partial charge in [-0.25, -0.2) is 0 Å². The number of esters is 1. The molecule has 0 aromatic carbocycles. The van der Waals surface area contributed by atoms with Crippen LogP contribution in [0.25, 0.3) is 0 Å². The van der Waals surface area contributed by atoms with Gasteiger partial charge in [0, 0.05) is 12.3 Å². The average Bonchev–Trinajstić information content (AvgIpc) is 3.12. The molecule has 3 unspecified atom stereocenters. The van der Waals surface area contributed by atoms with Crippen LogP contribution in [0, 0.1) is 56.7 Å². The summed E-state index contributed by atoms with van der Waals surface area (Å²) in [5.74, 6) is 3.83. The molecule has 0 aromatic rings. The van der Waals surface area contributed by atoms with Gasteiger partial charge in [-0.05, 0) is 109 Å². The molecule has 5 aliphatic carbocycles. The smallest absolute Gasteiger partial charge is 0.302 e. The summed E-state index contributed by atoms with van der Waals surface area (Å²) in [6.07, 6.45) is 16.2. The molecule has 9 atom stereocenters. The average molecular weight is 469 g/mol. The van der Waals surface area contributed by atoms with E-state index in [9.17, 15) is 4.79 Å². The van der Waals surface area contributed by atoms with E-state index < -0.39 is 0 Å². The second-order valence-corrected chi connectivity index (χ2v) is 15.1. The van der Waals surface area contributed by atoms with Crippen molar-refractivity contribution in [2.75, 3.05) is 6.61 Å². The van der Waals surface area contributed by atoms with E-state index in [4.69, 9.17) is 4.74 Å². The van der Waals surface area contributed by atoms with Crippen LogP contribution < -0.4 is 0 Å². The van der Waals surface area contributed by atoms with Crippen molar-refractivity contribution in [1.29, 1.82) is 0 Å². The van der Waals surface area contributed by atoms with Crippen molar-refractivity contribution >= 4 is 5.97 Å². The van der Waals surface area contributed by atoms with Crippen molar-refractivity contribution < 1.29 is 9.53 Å². The number of ether oxygens (including phenoxy) is 1. The molecule has 192 valence electrons. The van der Waals surface area contributed by atoms with E-state index in [1.54, 1.807) is 6.92 Å². The number of hydrogen-bond donors (Lipinski definition) is 0. The highest BCUT2D eigenvalue weighted by atomic mass is 16.5. The minimum Gasteiger partial charge on any atom is -0.465 e. The fourth-order valence-corrected chi connectivity index (χ4v) is 11.6. The predicted molar refractivity (Wildman–Crippen MR) is 140 cm³/mol. The van der Waals surface area contributed by atoms with Crippen molar-refractivity contribution in [2.24, 2.45) is 56.7 Å². The van der Waals surface area contributed by atoms with E-state index in [0.717, 1.165) is 23.7 Å². The quantitative estimate of drug-likeness (QED) is 0.306. The van der Waals surface area contributed by atoms with Crippen LogP contribution in [0.5, 0.6) is 0 Å². The molecule has 4 saturated carbocycles. The maximum atomic E-state index is 11.7. The first-order chi connectivity index (χ1) is 15.8. The molecule has 0 N–H and O–H groups in total. The fourth-order valence-electron chi connectivity index (χ4n) is 11.6. The highest BCUT2D eigenvalue weighted by Gasteiger charge is 2.68. The first kappa shape index (κ1) is 24.9. The van der Waals surface area contributed by atoms with Gasteiger partial charge < -0.3 is 4.74 Å². The van der Waals surface area contributed by atoms with E-state index >= 15 is 0 Å². The first-order valence-corrected chi connectivity index (χ1v) is 14.7. The van der Waals surface area contributed by atoms with Crippen LogP contribution in [0.1, 0.15) is 120 Å². The number of fused-ring (bicyclic) bond motifs is 7. The van der Waals surface area contributed by atoms with E-state index in [2.05, 4.69) is 54.5 Å². The maximum absolute atomic E-state index is 11.7. The Morgan fingerprint density at radius 1 is 0.941 bits per heavy atom. The molecule has 0 aromatic heterocycles. The third-order valence-electron chi connectivity index (χ3n) is 13.4. The molecule has 5 aliphatic rings. The Balaban J connectivity index is 1.50. The molecule has 0 radical (unpaired) electrons. The van der Waals surface area contributed by atoms with Gasteiger partial charge >= 0.3 is 5.97 Å². The highest BCUT2D eigenvalue weighted by Crippen LogP contribution is 2.76. The molecule has 4 fully saturated rings. The van der Waals surface area contributed by atoms with Gasteiger partial charge in [0.1, 0.15) is 0 Å². The Morgan fingerprint density at radius 2 is 1.65 bits per heavy atom. The van der Waals surface area contributed by atoms with Crippen LogP contribution in [0.3, 0.4) is 0 Å². The first-order valence-electron chi connectivity index (χ1n) is 14.7. The second-order valence-electron chi connectivity index (χ2n) is 15.1.